The number of hydrogen-bond acceptors (Lipinski definition) is 3. The third-order valence-electron chi connectivity index (χ3n) is 2.52. The van der Waals surface area contributed by atoms with E-state index >= 15 is 0 Å². The van der Waals surface area contributed by atoms with E-state index in [-0.39, 0.29) is 21.9 Å². The number of halogens is 1. The average Bonchev–Trinajstić information content (AvgIpc) is 2.38. The Balaban J connectivity index is 2.36. The van der Waals surface area contributed by atoms with Crippen LogP contribution in [0.25, 0.3) is 0 Å². The van der Waals surface area contributed by atoms with E-state index in [1.54, 1.807) is 0 Å². The van der Waals surface area contributed by atoms with Crippen molar-refractivity contribution < 1.29 is 9.18 Å². The van der Waals surface area contributed by atoms with Gasteiger partial charge in [-0.2, -0.15) is 0 Å². The summed E-state index contributed by atoms with van der Waals surface area (Å²) in [7, 11) is 0. The minimum absolute atomic E-state index is 0.0471. The number of amides is 1. The number of H-pyrrole nitrogens is 1. The summed E-state index contributed by atoms with van der Waals surface area (Å²) in [4.78, 5) is 25.3. The molecule has 1 aromatic carbocycles. The number of benzene rings is 1. The topological polar surface area (TPSA) is 88.0 Å². The Kier molecular flexibility index (Phi) is 3.90. The van der Waals surface area contributed by atoms with E-state index in [1.807, 2.05) is 0 Å². The molecule has 1 amide bonds. The second kappa shape index (κ2) is 5.62. The maximum atomic E-state index is 13.6. The Bertz CT molecular complexity index is 742. The number of rotatable bonds is 3. The number of pyridine rings is 1. The van der Waals surface area contributed by atoms with Crippen LogP contribution in [0, 0.1) is 5.82 Å². The van der Waals surface area contributed by atoms with Gasteiger partial charge in [0.1, 0.15) is 16.5 Å². The highest BCUT2D eigenvalue weighted by molar-refractivity contribution is 7.80. The van der Waals surface area contributed by atoms with E-state index in [4.69, 9.17) is 18.0 Å². The molecule has 0 aliphatic heterocycles. The van der Waals surface area contributed by atoms with Crippen molar-refractivity contribution in [1.82, 2.24) is 4.98 Å². The second-order valence-electron chi connectivity index (χ2n) is 3.91. The zero-order valence-corrected chi connectivity index (χ0v) is 11.0. The van der Waals surface area contributed by atoms with Gasteiger partial charge >= 0.3 is 0 Å². The fourth-order valence-electron chi connectivity index (χ4n) is 1.65. The van der Waals surface area contributed by atoms with Crippen molar-refractivity contribution in [3.8, 4) is 0 Å². The maximum Gasteiger partial charge on any atom is 0.272 e. The number of hydrogen-bond donors (Lipinski definition) is 3. The number of anilines is 1. The summed E-state index contributed by atoms with van der Waals surface area (Å²) in [5.41, 5.74) is 5.18. The number of thiocarbonyl (C=S) groups is 1. The van der Waals surface area contributed by atoms with Gasteiger partial charge in [-0.3, -0.25) is 9.59 Å². The zero-order valence-electron chi connectivity index (χ0n) is 10.1. The van der Waals surface area contributed by atoms with Gasteiger partial charge in [0.05, 0.1) is 11.3 Å². The lowest BCUT2D eigenvalue weighted by Crippen LogP contribution is -2.21. The minimum Gasteiger partial charge on any atom is -0.389 e. The first kappa shape index (κ1) is 13.9. The van der Waals surface area contributed by atoms with E-state index in [1.165, 1.54) is 36.4 Å². The van der Waals surface area contributed by atoms with E-state index in [9.17, 15) is 14.0 Å². The minimum atomic E-state index is -0.628. The summed E-state index contributed by atoms with van der Waals surface area (Å²) in [6.45, 7) is 0. The maximum absolute atomic E-state index is 13.6. The highest BCUT2D eigenvalue weighted by Crippen LogP contribution is 2.19. The second-order valence-corrected chi connectivity index (χ2v) is 4.35. The number of carbonyl (C=O) groups excluding carboxylic acids is 1. The molecule has 1 heterocycles. The highest BCUT2D eigenvalue weighted by atomic mass is 32.1. The largest absolute Gasteiger partial charge is 0.389 e. The molecule has 0 spiro atoms. The SMILES string of the molecule is NC(=S)c1c(F)cccc1NC(=O)c1cccc(=O)[nH]1. The van der Waals surface area contributed by atoms with Crippen molar-refractivity contribution in [2.45, 2.75) is 0 Å². The molecule has 4 N–H and O–H groups in total. The van der Waals surface area contributed by atoms with Crippen molar-refractivity contribution in [1.29, 1.82) is 0 Å². The molecule has 0 aliphatic carbocycles. The smallest absolute Gasteiger partial charge is 0.272 e. The lowest BCUT2D eigenvalue weighted by molar-refractivity contribution is 0.102. The molecule has 102 valence electrons. The van der Waals surface area contributed by atoms with Crippen LogP contribution in [0.1, 0.15) is 16.1 Å². The van der Waals surface area contributed by atoms with Gasteiger partial charge in [0.15, 0.2) is 0 Å². The number of nitrogens with two attached hydrogens (primary N) is 1. The molecule has 5 nitrogen and oxygen atoms in total. The fourth-order valence-corrected chi connectivity index (χ4v) is 1.86. The molecule has 0 radical (unpaired) electrons. The fraction of sp³-hybridized carbons (Fsp3) is 0. The van der Waals surface area contributed by atoms with Gasteiger partial charge in [0.2, 0.25) is 5.56 Å². The van der Waals surface area contributed by atoms with Gasteiger partial charge in [0, 0.05) is 6.07 Å². The molecule has 0 atom stereocenters. The molecule has 0 bridgehead atoms. The van der Waals surface area contributed by atoms with Crippen LogP contribution in [-0.2, 0) is 0 Å². The Labute approximate surface area is 118 Å². The first-order chi connectivity index (χ1) is 9.49. The standard InChI is InChI=1S/C13H10FN3O2S/c14-7-3-1-4-8(11(7)12(15)20)17-13(19)9-5-2-6-10(18)16-9/h1-6H,(H2,15,20)(H,16,18)(H,17,19). The van der Waals surface area contributed by atoms with Crippen molar-refractivity contribution >= 4 is 28.8 Å². The number of aromatic amines is 1. The van der Waals surface area contributed by atoms with Gasteiger partial charge in [-0.15, -0.1) is 0 Å². The monoisotopic (exact) mass is 291 g/mol. The Morgan fingerprint density at radius 2 is 1.95 bits per heavy atom. The van der Waals surface area contributed by atoms with Crippen LogP contribution in [0.3, 0.4) is 0 Å². The number of aromatic nitrogens is 1. The van der Waals surface area contributed by atoms with E-state index in [0.717, 1.165) is 0 Å². The summed E-state index contributed by atoms with van der Waals surface area (Å²) in [5, 5.41) is 2.46. The Hall–Kier alpha value is -2.54. The normalized spacial score (nSPS) is 10.1. The van der Waals surface area contributed by atoms with Crippen LogP contribution in [0.4, 0.5) is 10.1 Å². The lowest BCUT2D eigenvalue weighted by Gasteiger charge is -2.10. The molecule has 2 aromatic rings. The third kappa shape index (κ3) is 2.89. The zero-order chi connectivity index (χ0) is 14.7. The van der Waals surface area contributed by atoms with E-state index < -0.39 is 17.3 Å². The molecular formula is C13H10FN3O2S. The van der Waals surface area contributed by atoms with Crippen LogP contribution in [-0.4, -0.2) is 15.9 Å². The van der Waals surface area contributed by atoms with Crippen LogP contribution in [0.2, 0.25) is 0 Å². The Morgan fingerprint density at radius 1 is 1.25 bits per heavy atom. The summed E-state index contributed by atoms with van der Waals surface area (Å²) in [5.74, 6) is -1.22. The van der Waals surface area contributed by atoms with Gasteiger partial charge in [0.25, 0.3) is 5.91 Å². The molecule has 0 unspecified atom stereocenters. The van der Waals surface area contributed by atoms with E-state index in [2.05, 4.69) is 10.3 Å². The van der Waals surface area contributed by atoms with E-state index in [0.29, 0.717) is 0 Å². The van der Waals surface area contributed by atoms with Crippen molar-refractivity contribution in [2.75, 3.05) is 5.32 Å². The summed E-state index contributed by atoms with van der Waals surface area (Å²) < 4.78 is 13.6. The molecular weight excluding hydrogens is 281 g/mol. The molecule has 0 saturated heterocycles. The van der Waals surface area contributed by atoms with Gasteiger partial charge in [-0.05, 0) is 18.2 Å². The first-order valence-electron chi connectivity index (χ1n) is 5.58. The van der Waals surface area contributed by atoms with Gasteiger partial charge in [-0.25, -0.2) is 4.39 Å². The Morgan fingerprint density at radius 3 is 2.60 bits per heavy atom. The summed E-state index contributed by atoms with van der Waals surface area (Å²) in [6, 6.07) is 8.22. The third-order valence-corrected chi connectivity index (χ3v) is 2.73. The van der Waals surface area contributed by atoms with Crippen LogP contribution >= 0.6 is 12.2 Å². The predicted molar refractivity (Wildman–Crippen MR) is 77.3 cm³/mol. The lowest BCUT2D eigenvalue weighted by atomic mass is 10.1. The average molecular weight is 291 g/mol. The molecule has 2 rings (SSSR count). The predicted octanol–water partition coefficient (Wildman–Crippen LogP) is 1.40. The summed E-state index contributed by atoms with van der Waals surface area (Å²) in [6.07, 6.45) is 0. The molecule has 0 fully saturated rings. The molecule has 1 aromatic heterocycles. The van der Waals surface area contributed by atoms with Crippen LogP contribution in [0.5, 0.6) is 0 Å². The molecule has 7 heteroatoms. The van der Waals surface area contributed by atoms with Crippen LogP contribution in [0.15, 0.2) is 41.2 Å². The van der Waals surface area contributed by atoms with Crippen LogP contribution < -0.4 is 16.6 Å². The van der Waals surface area contributed by atoms with Gasteiger partial charge < -0.3 is 16.0 Å². The molecule has 0 aliphatic rings. The molecule has 0 saturated carbocycles. The van der Waals surface area contributed by atoms with Crippen molar-refractivity contribution in [3.63, 3.8) is 0 Å². The molecule has 20 heavy (non-hydrogen) atoms. The first-order valence-corrected chi connectivity index (χ1v) is 5.99. The number of carbonyl (C=O) groups is 1. The van der Waals surface area contributed by atoms with Crippen molar-refractivity contribution in [3.05, 3.63) is 63.8 Å². The van der Waals surface area contributed by atoms with Gasteiger partial charge in [-0.1, -0.05) is 24.4 Å². The summed E-state index contributed by atoms with van der Waals surface area (Å²) >= 11 is 4.76. The van der Waals surface area contributed by atoms with Crippen molar-refractivity contribution in [2.24, 2.45) is 5.73 Å². The quantitative estimate of drug-likeness (QED) is 0.746. The highest BCUT2D eigenvalue weighted by Gasteiger charge is 2.14. The number of nitrogens with one attached hydrogen (secondary N) is 2.